The molecule has 0 saturated heterocycles. The number of nitrogens with zero attached hydrogens (tertiary/aromatic N) is 1. The summed E-state index contributed by atoms with van der Waals surface area (Å²) in [6, 6.07) is 3.23. The van der Waals surface area contributed by atoms with Gasteiger partial charge >= 0.3 is 0 Å². The second-order valence-corrected chi connectivity index (χ2v) is 8.04. The lowest BCUT2D eigenvalue weighted by Crippen LogP contribution is -2.39. The third kappa shape index (κ3) is 3.72. The molecular formula is C13H21N3O2S2. The average molecular weight is 315 g/mol. The molecule has 0 amide bonds. The van der Waals surface area contributed by atoms with Gasteiger partial charge in [-0.3, -0.25) is 0 Å². The quantitative estimate of drug-likeness (QED) is 0.831. The van der Waals surface area contributed by atoms with Crippen molar-refractivity contribution in [1.29, 1.82) is 0 Å². The summed E-state index contributed by atoms with van der Waals surface area (Å²) in [5.41, 5.74) is 6.31. The number of hydrogen-bond acceptors (Lipinski definition) is 5. The van der Waals surface area contributed by atoms with Crippen LogP contribution in [0.25, 0.3) is 0 Å². The van der Waals surface area contributed by atoms with Gasteiger partial charge in [-0.05, 0) is 30.2 Å². The summed E-state index contributed by atoms with van der Waals surface area (Å²) in [5, 5.41) is 0.444. The normalized spacial score (nSPS) is 23.1. The van der Waals surface area contributed by atoms with Gasteiger partial charge in [0.05, 0.1) is 0 Å². The fourth-order valence-electron chi connectivity index (χ4n) is 2.42. The van der Waals surface area contributed by atoms with E-state index < -0.39 is 10.0 Å². The predicted octanol–water partition coefficient (Wildman–Crippen LogP) is 1.49. The summed E-state index contributed by atoms with van der Waals surface area (Å²) < 4.78 is 27.4. The third-order valence-corrected chi connectivity index (χ3v) is 6.18. The minimum Gasteiger partial charge on any atom is -0.326 e. The van der Waals surface area contributed by atoms with Crippen LogP contribution in [0.4, 0.5) is 0 Å². The standard InChI is InChI=1S/C13H21N3O2S2/c1-2-19-12-5-3-4-11(12)16-20(17,18)13-7-6-10(8-14)9-15-13/h6-7,9,11-12,16H,2-5,8,14H2,1H3. The lowest BCUT2D eigenvalue weighted by Gasteiger charge is -2.19. The van der Waals surface area contributed by atoms with Crippen molar-refractivity contribution in [2.75, 3.05) is 5.75 Å². The molecule has 5 nitrogen and oxygen atoms in total. The minimum atomic E-state index is -3.54. The molecule has 0 radical (unpaired) electrons. The van der Waals surface area contributed by atoms with E-state index in [4.69, 9.17) is 5.73 Å². The molecule has 2 atom stereocenters. The number of nitrogens with one attached hydrogen (secondary N) is 1. The van der Waals surface area contributed by atoms with Crippen LogP contribution in [0.1, 0.15) is 31.7 Å². The summed E-state index contributed by atoms with van der Waals surface area (Å²) in [6.45, 7) is 2.46. The van der Waals surface area contributed by atoms with Gasteiger partial charge in [0.1, 0.15) is 0 Å². The second-order valence-electron chi connectivity index (χ2n) is 4.86. The van der Waals surface area contributed by atoms with Gasteiger partial charge in [-0.2, -0.15) is 11.8 Å². The van der Waals surface area contributed by atoms with E-state index >= 15 is 0 Å². The Morgan fingerprint density at radius 3 is 2.85 bits per heavy atom. The Morgan fingerprint density at radius 1 is 1.45 bits per heavy atom. The van der Waals surface area contributed by atoms with E-state index in [0.717, 1.165) is 30.6 Å². The Kier molecular flexibility index (Phi) is 5.42. The highest BCUT2D eigenvalue weighted by molar-refractivity contribution is 8.00. The third-order valence-electron chi connectivity index (χ3n) is 3.45. The highest BCUT2D eigenvalue weighted by Gasteiger charge is 2.31. The summed E-state index contributed by atoms with van der Waals surface area (Å²) in [6.07, 6.45) is 4.56. The molecule has 3 N–H and O–H groups in total. The van der Waals surface area contributed by atoms with Crippen molar-refractivity contribution in [3.8, 4) is 0 Å². The molecule has 1 aromatic heterocycles. The van der Waals surface area contributed by atoms with Crippen LogP contribution < -0.4 is 10.5 Å². The van der Waals surface area contributed by atoms with Gasteiger partial charge in [-0.15, -0.1) is 0 Å². The van der Waals surface area contributed by atoms with Crippen molar-refractivity contribution in [3.63, 3.8) is 0 Å². The Bertz CT molecular complexity index is 531. The van der Waals surface area contributed by atoms with Crippen LogP contribution in [-0.2, 0) is 16.6 Å². The molecule has 1 heterocycles. The van der Waals surface area contributed by atoms with Crippen molar-refractivity contribution in [2.45, 2.75) is 49.0 Å². The molecule has 112 valence electrons. The first-order valence-corrected chi connectivity index (χ1v) is 9.39. The van der Waals surface area contributed by atoms with Gasteiger partial charge in [0, 0.05) is 24.0 Å². The van der Waals surface area contributed by atoms with Crippen molar-refractivity contribution >= 4 is 21.8 Å². The molecule has 1 aliphatic rings. The van der Waals surface area contributed by atoms with Gasteiger partial charge in [0.15, 0.2) is 5.03 Å². The smallest absolute Gasteiger partial charge is 0.258 e. The fourth-order valence-corrected chi connectivity index (χ4v) is 4.95. The molecule has 0 aromatic carbocycles. The highest BCUT2D eigenvalue weighted by Crippen LogP contribution is 2.30. The van der Waals surface area contributed by atoms with E-state index in [1.165, 1.54) is 12.3 Å². The average Bonchev–Trinajstić information content (AvgIpc) is 2.86. The highest BCUT2D eigenvalue weighted by atomic mass is 32.2. The van der Waals surface area contributed by atoms with Crippen LogP contribution in [0.5, 0.6) is 0 Å². The van der Waals surface area contributed by atoms with Crippen molar-refractivity contribution in [1.82, 2.24) is 9.71 Å². The van der Waals surface area contributed by atoms with E-state index in [-0.39, 0.29) is 11.1 Å². The van der Waals surface area contributed by atoms with E-state index in [2.05, 4.69) is 16.6 Å². The van der Waals surface area contributed by atoms with Gasteiger partial charge in [0.25, 0.3) is 10.0 Å². The lowest BCUT2D eigenvalue weighted by molar-refractivity contribution is 0.551. The van der Waals surface area contributed by atoms with E-state index in [0.29, 0.717) is 11.8 Å². The number of pyridine rings is 1. The fraction of sp³-hybridized carbons (Fsp3) is 0.615. The van der Waals surface area contributed by atoms with Crippen LogP contribution in [-0.4, -0.2) is 30.4 Å². The van der Waals surface area contributed by atoms with Gasteiger partial charge in [0.2, 0.25) is 0 Å². The largest absolute Gasteiger partial charge is 0.326 e. The Labute approximate surface area is 124 Å². The lowest BCUT2D eigenvalue weighted by atomic mass is 10.3. The molecule has 7 heteroatoms. The summed E-state index contributed by atoms with van der Waals surface area (Å²) in [4.78, 5) is 4.00. The Morgan fingerprint density at radius 2 is 2.25 bits per heavy atom. The zero-order valence-corrected chi connectivity index (χ0v) is 13.2. The van der Waals surface area contributed by atoms with Crippen LogP contribution in [0.15, 0.2) is 23.4 Å². The first-order valence-electron chi connectivity index (χ1n) is 6.85. The van der Waals surface area contributed by atoms with Crippen LogP contribution in [0.3, 0.4) is 0 Å². The topological polar surface area (TPSA) is 85.1 Å². The number of aromatic nitrogens is 1. The summed E-state index contributed by atoms with van der Waals surface area (Å²) in [7, 11) is -3.54. The molecule has 20 heavy (non-hydrogen) atoms. The first kappa shape index (κ1) is 15.8. The first-order chi connectivity index (χ1) is 9.56. The van der Waals surface area contributed by atoms with Crippen LogP contribution in [0, 0.1) is 0 Å². The molecular weight excluding hydrogens is 294 g/mol. The molecule has 1 fully saturated rings. The number of rotatable bonds is 6. The molecule has 1 saturated carbocycles. The zero-order chi connectivity index (χ0) is 14.6. The number of nitrogens with two attached hydrogens (primary N) is 1. The monoisotopic (exact) mass is 315 g/mol. The van der Waals surface area contributed by atoms with Crippen molar-refractivity contribution < 1.29 is 8.42 Å². The molecule has 1 aliphatic carbocycles. The summed E-state index contributed by atoms with van der Waals surface area (Å²) >= 11 is 1.83. The maximum atomic E-state index is 12.3. The Hall–Kier alpha value is -0.630. The number of thioether (sulfide) groups is 1. The van der Waals surface area contributed by atoms with Crippen molar-refractivity contribution in [3.05, 3.63) is 23.9 Å². The number of sulfonamides is 1. The maximum Gasteiger partial charge on any atom is 0.258 e. The van der Waals surface area contributed by atoms with Gasteiger partial charge < -0.3 is 5.73 Å². The van der Waals surface area contributed by atoms with Crippen LogP contribution >= 0.6 is 11.8 Å². The van der Waals surface area contributed by atoms with Gasteiger partial charge in [-0.1, -0.05) is 19.4 Å². The molecule has 2 unspecified atom stereocenters. The van der Waals surface area contributed by atoms with Crippen molar-refractivity contribution in [2.24, 2.45) is 5.73 Å². The Balaban J connectivity index is 2.09. The maximum absolute atomic E-state index is 12.3. The van der Waals surface area contributed by atoms with Gasteiger partial charge in [-0.25, -0.2) is 18.1 Å². The van der Waals surface area contributed by atoms with E-state index in [9.17, 15) is 8.42 Å². The zero-order valence-electron chi connectivity index (χ0n) is 11.6. The molecule has 0 aliphatic heterocycles. The molecule has 0 spiro atoms. The SMILES string of the molecule is CCSC1CCCC1NS(=O)(=O)c1ccc(CN)cn1. The summed E-state index contributed by atoms with van der Waals surface area (Å²) in [5.74, 6) is 1.01. The minimum absolute atomic E-state index is 0.0148. The van der Waals surface area contributed by atoms with Crippen LogP contribution in [0.2, 0.25) is 0 Å². The molecule has 1 aromatic rings. The second kappa shape index (κ2) is 6.89. The molecule has 2 rings (SSSR count). The van der Waals surface area contributed by atoms with E-state index in [1.54, 1.807) is 6.07 Å². The van der Waals surface area contributed by atoms with E-state index in [1.807, 2.05) is 11.8 Å². The number of hydrogen-bond donors (Lipinski definition) is 2. The molecule has 0 bridgehead atoms. The predicted molar refractivity (Wildman–Crippen MR) is 82.0 cm³/mol.